The zero-order valence-corrected chi connectivity index (χ0v) is 27.2. The molecule has 2 aliphatic rings. The number of nitrogens with zero attached hydrogens (tertiary/aromatic N) is 3. The number of aliphatic hydroxyl groups is 1. The monoisotopic (exact) mass is 656 g/mol. The summed E-state index contributed by atoms with van der Waals surface area (Å²) in [6.07, 6.45) is 8.12. The van der Waals surface area contributed by atoms with E-state index in [1.54, 1.807) is 36.3 Å². The lowest BCUT2D eigenvalue weighted by Crippen LogP contribution is -2.53. The normalized spacial score (nSPS) is 21.8. The largest absolute Gasteiger partial charge is 0.490 e. The second kappa shape index (κ2) is 14.0. The van der Waals surface area contributed by atoms with E-state index in [2.05, 4.69) is 16.4 Å². The van der Waals surface area contributed by atoms with E-state index < -0.39 is 28.9 Å². The molecule has 47 heavy (non-hydrogen) atoms. The third-order valence-corrected chi connectivity index (χ3v) is 9.37. The van der Waals surface area contributed by atoms with Crippen LogP contribution in [-0.4, -0.2) is 64.3 Å². The highest BCUT2D eigenvalue weighted by atomic mass is 35.5. The van der Waals surface area contributed by atoms with E-state index in [4.69, 9.17) is 21.1 Å². The number of allylic oxidation sites excluding steroid dienone is 3. The quantitative estimate of drug-likeness (QED) is 0.260. The van der Waals surface area contributed by atoms with Gasteiger partial charge >= 0.3 is 5.97 Å². The molecule has 0 radical (unpaired) electrons. The highest BCUT2D eigenvalue weighted by molar-refractivity contribution is 6.32. The Morgan fingerprint density at radius 2 is 1.91 bits per heavy atom. The average molecular weight is 657 g/mol. The van der Waals surface area contributed by atoms with Crippen LogP contribution in [0.3, 0.4) is 0 Å². The van der Waals surface area contributed by atoms with Crippen LogP contribution in [0.5, 0.6) is 11.5 Å². The molecule has 5 rings (SSSR count). The number of amides is 1. The van der Waals surface area contributed by atoms with Crippen LogP contribution in [-0.2, 0) is 22.7 Å². The Labute approximate surface area is 278 Å². The van der Waals surface area contributed by atoms with Gasteiger partial charge in [0.15, 0.2) is 0 Å². The summed E-state index contributed by atoms with van der Waals surface area (Å²) in [4.78, 5) is 31.4. The molecule has 3 N–H and O–H groups in total. The number of β-amino-alcohol motifs (C(OH)–C–C–N with tert-alkyl or cyclic N) is 1. The molecule has 0 saturated carbocycles. The van der Waals surface area contributed by atoms with Gasteiger partial charge in [-0.05, 0) is 23.3 Å². The first-order valence-corrected chi connectivity index (χ1v) is 15.6. The van der Waals surface area contributed by atoms with Gasteiger partial charge in [-0.25, -0.2) is 0 Å². The van der Waals surface area contributed by atoms with Gasteiger partial charge in [0, 0.05) is 61.6 Å². The van der Waals surface area contributed by atoms with E-state index in [-0.39, 0.29) is 49.4 Å². The van der Waals surface area contributed by atoms with Crippen molar-refractivity contribution < 1.29 is 29.3 Å². The molecular weight excluding hydrogens is 620 g/mol. The molecule has 0 bridgehead atoms. The summed E-state index contributed by atoms with van der Waals surface area (Å²) in [6.45, 7) is 4.35. The van der Waals surface area contributed by atoms with Gasteiger partial charge in [-0.15, -0.1) is 0 Å². The highest BCUT2D eigenvalue weighted by Crippen LogP contribution is 2.52. The van der Waals surface area contributed by atoms with Crippen molar-refractivity contribution in [1.82, 2.24) is 15.2 Å². The second-order valence-corrected chi connectivity index (χ2v) is 12.7. The molecule has 10 nitrogen and oxygen atoms in total. The Hall–Kier alpha value is -4.69. The maximum absolute atomic E-state index is 13.7. The predicted octanol–water partition coefficient (Wildman–Crippen LogP) is 5.00. The van der Waals surface area contributed by atoms with Gasteiger partial charge in [0.2, 0.25) is 5.91 Å². The average Bonchev–Trinajstić information content (AvgIpc) is 3.44. The Balaban J connectivity index is 1.48. The fourth-order valence-corrected chi connectivity index (χ4v) is 6.61. The number of carboxylic acid groups (broad SMARTS) is 1. The third-order valence-electron chi connectivity index (χ3n) is 9.08. The summed E-state index contributed by atoms with van der Waals surface area (Å²) in [5.74, 6) is -0.605. The molecule has 1 amide bonds. The lowest BCUT2D eigenvalue weighted by Gasteiger charge is -2.46. The first kappa shape index (κ1) is 33.7. The summed E-state index contributed by atoms with van der Waals surface area (Å²) in [5, 5.41) is 32.4. The molecule has 11 heteroatoms. The second-order valence-electron chi connectivity index (χ2n) is 12.3. The summed E-state index contributed by atoms with van der Waals surface area (Å²) in [5.41, 5.74) is 1.78. The van der Waals surface area contributed by atoms with Crippen LogP contribution >= 0.6 is 11.6 Å². The highest BCUT2D eigenvalue weighted by Gasteiger charge is 2.53. The lowest BCUT2D eigenvalue weighted by molar-refractivity contribution is -0.142. The predicted molar refractivity (Wildman–Crippen MR) is 177 cm³/mol. The number of nitrogens with one attached hydrogen (secondary N) is 1. The zero-order valence-electron chi connectivity index (χ0n) is 26.4. The number of aliphatic hydroxyl groups excluding tert-OH is 1. The van der Waals surface area contributed by atoms with Crippen molar-refractivity contribution in [3.05, 3.63) is 106 Å². The molecule has 3 atom stereocenters. The number of rotatable bonds is 11. The third kappa shape index (κ3) is 6.88. The maximum atomic E-state index is 13.7. The number of hydrogen-bond donors (Lipinski definition) is 3. The molecule has 1 aliphatic carbocycles. The molecular formula is C36H37ClN4O6. The van der Waals surface area contributed by atoms with Crippen molar-refractivity contribution in [2.45, 2.75) is 45.6 Å². The number of benzene rings is 2. The van der Waals surface area contributed by atoms with Crippen LogP contribution in [0.25, 0.3) is 5.57 Å². The van der Waals surface area contributed by atoms with Crippen molar-refractivity contribution in [2.75, 3.05) is 20.2 Å². The Morgan fingerprint density at radius 3 is 2.62 bits per heavy atom. The fourth-order valence-electron chi connectivity index (χ4n) is 6.37. The van der Waals surface area contributed by atoms with E-state index in [1.807, 2.05) is 62.4 Å². The van der Waals surface area contributed by atoms with E-state index >= 15 is 0 Å². The standard InChI is InChI=1S/C36H37ClN4O6/c1-35(2)28(25-8-5-4-6-9-25)10-7-11-36(35,34(45)39-3)22-47-32-15-31(46-21-24-12-23(16-38)17-40-18-24)26(13-29(32)37)19-41-20-27(42)14-30(41)33(43)44/h4-13,15,17-18,27,30,42H,14,19-22H2,1-3H3,(H,39,45)(H,43,44)/t27-,30+,36?/m1/s1. The van der Waals surface area contributed by atoms with Gasteiger partial charge in [0.25, 0.3) is 0 Å². The lowest BCUT2D eigenvalue weighted by atomic mass is 9.58. The van der Waals surface area contributed by atoms with Gasteiger partial charge in [-0.1, -0.05) is 74.0 Å². The van der Waals surface area contributed by atoms with Crippen LogP contribution < -0.4 is 14.8 Å². The number of aliphatic carboxylic acids is 1. The zero-order chi connectivity index (χ0) is 33.8. The van der Waals surface area contributed by atoms with Crippen LogP contribution in [0, 0.1) is 22.2 Å². The van der Waals surface area contributed by atoms with E-state index in [0.717, 1.165) is 11.1 Å². The van der Waals surface area contributed by atoms with E-state index in [1.165, 1.54) is 6.20 Å². The molecule has 1 unspecified atom stereocenters. The minimum atomic E-state index is -1.12. The van der Waals surface area contributed by atoms with Crippen LogP contribution in [0.1, 0.15) is 42.5 Å². The molecule has 2 aromatic carbocycles. The van der Waals surface area contributed by atoms with E-state index in [9.17, 15) is 25.1 Å². The van der Waals surface area contributed by atoms with Gasteiger partial charge in [-0.3, -0.25) is 19.5 Å². The molecule has 1 fully saturated rings. The van der Waals surface area contributed by atoms with E-state index in [0.29, 0.717) is 22.4 Å². The number of halogens is 1. The number of likely N-dealkylation sites (tertiary alicyclic amines) is 1. The molecule has 2 heterocycles. The van der Waals surface area contributed by atoms with Gasteiger partial charge in [0.1, 0.15) is 42.2 Å². The minimum absolute atomic E-state index is 0.0492. The van der Waals surface area contributed by atoms with Crippen molar-refractivity contribution in [3.8, 4) is 17.6 Å². The number of ether oxygens (including phenoxy) is 2. The molecule has 1 aromatic heterocycles. The van der Waals surface area contributed by atoms with Crippen molar-refractivity contribution >= 4 is 29.1 Å². The Kier molecular flexibility index (Phi) is 10.0. The molecule has 1 saturated heterocycles. The number of nitriles is 1. The minimum Gasteiger partial charge on any atom is -0.490 e. The van der Waals surface area contributed by atoms with Gasteiger partial charge in [-0.2, -0.15) is 5.26 Å². The number of pyridine rings is 1. The summed E-state index contributed by atoms with van der Waals surface area (Å²) >= 11 is 6.80. The molecule has 3 aromatic rings. The Bertz CT molecular complexity index is 1750. The first-order valence-electron chi connectivity index (χ1n) is 15.2. The fraction of sp³-hybridized carbons (Fsp3) is 0.333. The van der Waals surface area contributed by atoms with Gasteiger partial charge in [0.05, 0.1) is 16.7 Å². The van der Waals surface area contributed by atoms with Crippen LogP contribution in [0.4, 0.5) is 0 Å². The van der Waals surface area contributed by atoms with Crippen LogP contribution in [0.15, 0.2) is 79.2 Å². The number of hydrogen-bond acceptors (Lipinski definition) is 8. The molecule has 0 spiro atoms. The van der Waals surface area contributed by atoms with Crippen LogP contribution in [0.2, 0.25) is 5.02 Å². The smallest absolute Gasteiger partial charge is 0.321 e. The SMILES string of the molecule is CNC(=O)C1(COc2cc(OCc3cncc(C#N)c3)c(CN3C[C@H](O)C[C@H]3C(=O)O)cc2Cl)C=CC=C(c2ccccc2)C1(C)C. The molecule has 1 aliphatic heterocycles. The summed E-state index contributed by atoms with van der Waals surface area (Å²) in [6, 6.07) is 16.0. The summed E-state index contributed by atoms with van der Waals surface area (Å²) in [7, 11) is 1.60. The summed E-state index contributed by atoms with van der Waals surface area (Å²) < 4.78 is 12.6. The number of carbonyl (C=O) groups is 2. The van der Waals surface area contributed by atoms with Crippen molar-refractivity contribution in [3.63, 3.8) is 0 Å². The maximum Gasteiger partial charge on any atom is 0.321 e. The number of carbonyl (C=O) groups excluding carboxylic acids is 1. The van der Waals surface area contributed by atoms with Crippen molar-refractivity contribution in [2.24, 2.45) is 10.8 Å². The first-order chi connectivity index (χ1) is 22.5. The number of carboxylic acids is 1. The van der Waals surface area contributed by atoms with Crippen molar-refractivity contribution in [1.29, 1.82) is 5.26 Å². The Morgan fingerprint density at radius 1 is 1.15 bits per heavy atom. The topological polar surface area (TPSA) is 145 Å². The number of aromatic nitrogens is 1. The van der Waals surface area contributed by atoms with Gasteiger partial charge < -0.3 is 25.0 Å². The molecule has 244 valence electrons.